The fraction of sp³-hybridized carbons (Fsp3) is 0.462. The van der Waals surface area contributed by atoms with Crippen LogP contribution in [0.4, 0.5) is 14.5 Å². The Morgan fingerprint density at radius 2 is 1.84 bits per heavy atom. The van der Waals surface area contributed by atoms with E-state index in [-0.39, 0.29) is 22.7 Å². The zero-order chi connectivity index (χ0) is 12.8. The monoisotopic (exact) mass is 333 g/mol. The number of halogens is 3. The van der Waals surface area contributed by atoms with Crippen molar-refractivity contribution >= 4 is 11.5 Å². The van der Waals surface area contributed by atoms with Crippen molar-refractivity contribution in [2.24, 2.45) is 4.99 Å². The summed E-state index contributed by atoms with van der Waals surface area (Å²) in [5.74, 6) is 1.13. The molecule has 0 aromatic heterocycles. The summed E-state index contributed by atoms with van der Waals surface area (Å²) in [6.07, 6.45) is 4.41. The van der Waals surface area contributed by atoms with Crippen molar-refractivity contribution in [2.75, 3.05) is 11.9 Å². The van der Waals surface area contributed by atoms with E-state index in [2.05, 4.69) is 15.0 Å². The van der Waals surface area contributed by atoms with Crippen molar-refractivity contribution in [3.05, 3.63) is 24.3 Å². The van der Waals surface area contributed by atoms with Gasteiger partial charge >= 0.3 is 6.61 Å². The molecule has 2 rings (SSSR count). The van der Waals surface area contributed by atoms with Gasteiger partial charge in [-0.25, -0.2) is 0 Å². The number of anilines is 1. The Balaban J connectivity index is 0.00000180. The van der Waals surface area contributed by atoms with Gasteiger partial charge in [-0.15, -0.1) is 0 Å². The largest absolute Gasteiger partial charge is 1.00 e. The molecule has 0 saturated heterocycles. The van der Waals surface area contributed by atoms with Crippen LogP contribution < -0.4 is 27.0 Å². The molecule has 3 nitrogen and oxygen atoms in total. The van der Waals surface area contributed by atoms with Crippen LogP contribution in [0.1, 0.15) is 25.7 Å². The highest BCUT2D eigenvalue weighted by Gasteiger charge is 2.06. The molecule has 1 aromatic carbocycles. The molecule has 0 atom stereocenters. The second kappa shape index (κ2) is 8.09. The van der Waals surface area contributed by atoms with Crippen molar-refractivity contribution in [1.82, 2.24) is 0 Å². The van der Waals surface area contributed by atoms with E-state index in [0.29, 0.717) is 0 Å². The van der Waals surface area contributed by atoms with Gasteiger partial charge in [0.1, 0.15) is 11.6 Å². The minimum Gasteiger partial charge on any atom is -1.00 e. The molecule has 0 saturated carbocycles. The number of hydrogen-bond acceptors (Lipinski definition) is 3. The first-order valence-corrected chi connectivity index (χ1v) is 6.09. The maximum absolute atomic E-state index is 12.0. The van der Waals surface area contributed by atoms with Gasteiger partial charge < -0.3 is 27.0 Å². The van der Waals surface area contributed by atoms with E-state index in [0.717, 1.165) is 37.3 Å². The van der Waals surface area contributed by atoms with E-state index in [1.165, 1.54) is 18.6 Å². The number of rotatable bonds is 3. The Labute approximate surface area is 121 Å². The Hall–Kier alpha value is -1.17. The molecule has 1 aromatic rings. The van der Waals surface area contributed by atoms with Crippen molar-refractivity contribution in [1.29, 1.82) is 0 Å². The van der Waals surface area contributed by atoms with Crippen LogP contribution in [0.5, 0.6) is 5.75 Å². The highest BCUT2D eigenvalue weighted by atomic mass is 79.9. The van der Waals surface area contributed by atoms with Crippen LogP contribution in [-0.4, -0.2) is 19.0 Å². The molecule has 0 fully saturated rings. The number of nitrogens with one attached hydrogen (secondary N) is 1. The molecule has 1 aliphatic heterocycles. The molecule has 0 radical (unpaired) electrons. The summed E-state index contributed by atoms with van der Waals surface area (Å²) in [5.41, 5.74) is 0.845. The summed E-state index contributed by atoms with van der Waals surface area (Å²) in [6.45, 7) is -1.93. The fourth-order valence-electron chi connectivity index (χ4n) is 1.86. The predicted octanol–water partition coefficient (Wildman–Crippen LogP) is 0.676. The van der Waals surface area contributed by atoms with Crippen molar-refractivity contribution in [3.8, 4) is 5.75 Å². The van der Waals surface area contributed by atoms with Crippen LogP contribution in [0, 0.1) is 0 Å². The normalized spacial score (nSPS) is 15.2. The third-order valence-electron chi connectivity index (χ3n) is 2.74. The van der Waals surface area contributed by atoms with Crippen molar-refractivity contribution in [3.63, 3.8) is 0 Å². The Morgan fingerprint density at radius 1 is 1.11 bits per heavy atom. The third-order valence-corrected chi connectivity index (χ3v) is 2.74. The summed E-state index contributed by atoms with van der Waals surface area (Å²) >= 11 is 0. The predicted molar refractivity (Wildman–Crippen MR) is 67.5 cm³/mol. The Bertz CT molecular complexity index is 410. The highest BCUT2D eigenvalue weighted by Crippen LogP contribution is 2.18. The van der Waals surface area contributed by atoms with E-state index in [1.807, 2.05) is 0 Å². The van der Waals surface area contributed by atoms with E-state index >= 15 is 0 Å². The first-order chi connectivity index (χ1) is 8.74. The molecule has 19 heavy (non-hydrogen) atoms. The standard InChI is InChI=1S/C13H16F2N2O.BrH/c14-13(15)18-11-7-5-10(6-8-11)17-12-4-2-1-3-9-16-12;/h5-8,13H,1-4,9H2,(H,16,17);1H/p-1. The summed E-state index contributed by atoms with van der Waals surface area (Å²) < 4.78 is 28.3. The van der Waals surface area contributed by atoms with Crippen molar-refractivity contribution < 1.29 is 30.5 Å². The first-order valence-electron chi connectivity index (χ1n) is 6.09. The second-order valence-corrected chi connectivity index (χ2v) is 4.17. The summed E-state index contributed by atoms with van der Waals surface area (Å²) in [7, 11) is 0. The number of aliphatic imine (C=N–C) groups is 1. The minimum absolute atomic E-state index is 0. The lowest BCUT2D eigenvalue weighted by Crippen LogP contribution is -3.00. The molecular formula is C13H16BrF2N2O-. The van der Waals surface area contributed by atoms with Gasteiger partial charge in [-0.3, -0.25) is 4.99 Å². The molecule has 0 spiro atoms. The van der Waals surface area contributed by atoms with Crippen LogP contribution in [-0.2, 0) is 0 Å². The SMILES string of the molecule is FC(F)Oc1ccc(NC2=NCCCCC2)cc1.[Br-]. The number of alkyl halides is 2. The van der Waals surface area contributed by atoms with Gasteiger partial charge in [0.05, 0.1) is 0 Å². The highest BCUT2D eigenvalue weighted by molar-refractivity contribution is 5.95. The molecule has 0 bridgehead atoms. The zero-order valence-corrected chi connectivity index (χ0v) is 12.0. The maximum atomic E-state index is 12.0. The molecule has 6 heteroatoms. The summed E-state index contributed by atoms with van der Waals surface area (Å²) in [4.78, 5) is 4.44. The van der Waals surface area contributed by atoms with Gasteiger partial charge in [0.15, 0.2) is 0 Å². The van der Waals surface area contributed by atoms with Crippen LogP contribution in [0.2, 0.25) is 0 Å². The van der Waals surface area contributed by atoms with Crippen LogP contribution in [0.15, 0.2) is 29.3 Å². The fourth-order valence-corrected chi connectivity index (χ4v) is 1.86. The number of nitrogens with zero attached hydrogens (tertiary/aromatic N) is 1. The van der Waals surface area contributed by atoms with Crippen molar-refractivity contribution in [2.45, 2.75) is 32.3 Å². The summed E-state index contributed by atoms with van der Waals surface area (Å²) in [5, 5.41) is 3.21. The maximum Gasteiger partial charge on any atom is 0.387 e. The minimum atomic E-state index is -2.78. The van der Waals surface area contributed by atoms with Crippen LogP contribution in [0.3, 0.4) is 0 Å². The van der Waals surface area contributed by atoms with E-state index in [1.54, 1.807) is 12.1 Å². The molecule has 106 valence electrons. The summed E-state index contributed by atoms with van der Waals surface area (Å²) in [6, 6.07) is 6.47. The molecule has 1 N–H and O–H groups in total. The van der Waals surface area contributed by atoms with Gasteiger partial charge in [-0.05, 0) is 37.1 Å². The average molecular weight is 334 g/mol. The molecular weight excluding hydrogens is 318 g/mol. The van der Waals surface area contributed by atoms with Gasteiger partial charge in [0.2, 0.25) is 0 Å². The topological polar surface area (TPSA) is 33.6 Å². The molecule has 0 unspecified atom stereocenters. The number of ether oxygens (including phenoxy) is 1. The Kier molecular flexibility index (Phi) is 6.77. The van der Waals surface area contributed by atoms with E-state index in [4.69, 9.17) is 0 Å². The number of benzene rings is 1. The van der Waals surface area contributed by atoms with Gasteiger partial charge in [0.25, 0.3) is 0 Å². The smallest absolute Gasteiger partial charge is 0.387 e. The van der Waals surface area contributed by atoms with E-state index in [9.17, 15) is 8.78 Å². The van der Waals surface area contributed by atoms with E-state index < -0.39 is 6.61 Å². The lowest BCUT2D eigenvalue weighted by molar-refractivity contribution is -0.0498. The lowest BCUT2D eigenvalue weighted by atomic mass is 10.2. The molecule has 0 amide bonds. The first kappa shape index (κ1) is 15.9. The third kappa shape index (κ3) is 5.55. The van der Waals surface area contributed by atoms with Gasteiger partial charge in [-0.2, -0.15) is 8.78 Å². The van der Waals surface area contributed by atoms with Crippen LogP contribution in [0.25, 0.3) is 0 Å². The average Bonchev–Trinajstić information content (AvgIpc) is 2.60. The lowest BCUT2D eigenvalue weighted by Gasteiger charge is -2.09. The number of amidine groups is 1. The van der Waals surface area contributed by atoms with Gasteiger partial charge in [0, 0.05) is 18.7 Å². The number of hydrogen-bond donors (Lipinski definition) is 1. The van der Waals surface area contributed by atoms with Crippen LogP contribution >= 0.6 is 0 Å². The molecule has 1 heterocycles. The molecule has 0 aliphatic carbocycles. The molecule has 1 aliphatic rings. The van der Waals surface area contributed by atoms with Gasteiger partial charge in [-0.1, -0.05) is 6.42 Å². The zero-order valence-electron chi connectivity index (χ0n) is 10.4. The second-order valence-electron chi connectivity index (χ2n) is 4.17. The Morgan fingerprint density at radius 3 is 2.53 bits per heavy atom. The quantitative estimate of drug-likeness (QED) is 0.882.